The average molecular weight is 249 g/mol. The van der Waals surface area contributed by atoms with Crippen LogP contribution in [0.25, 0.3) is 11.1 Å². The molecular weight excluding hydrogens is 235 g/mol. The second-order valence-corrected chi connectivity index (χ2v) is 2.99. The smallest absolute Gasteiger partial charge is 0.152 e. The van der Waals surface area contributed by atoms with Crippen LogP contribution in [-0.4, -0.2) is 11.5 Å². The maximum Gasteiger partial charge on any atom is 0.152 e. The molecule has 0 amide bonds. The van der Waals surface area contributed by atoms with Crippen molar-refractivity contribution in [2.45, 2.75) is 12.8 Å². The zero-order valence-corrected chi connectivity index (χ0v) is 9.81. The molecule has 0 saturated heterocycles. The van der Waals surface area contributed by atoms with Gasteiger partial charge in [0.05, 0.1) is 0 Å². The van der Waals surface area contributed by atoms with E-state index in [4.69, 9.17) is 10.2 Å². The molecule has 0 aromatic carbocycles. The Kier molecular flexibility index (Phi) is 6.32. The van der Waals surface area contributed by atoms with E-state index >= 15 is 0 Å². The molecule has 0 spiro atoms. The zero-order chi connectivity index (χ0) is 9.10. The van der Waals surface area contributed by atoms with Gasteiger partial charge in [0.25, 0.3) is 0 Å². The number of aromatic nitrogens is 1. The third kappa shape index (κ3) is 3.38. The third-order valence-electron chi connectivity index (χ3n) is 1.97. The minimum atomic E-state index is 0. The van der Waals surface area contributed by atoms with Crippen LogP contribution in [0.3, 0.4) is 0 Å². The van der Waals surface area contributed by atoms with Gasteiger partial charge in [-0.3, -0.25) is 4.98 Å². The molecule has 15 heavy (non-hydrogen) atoms. The van der Waals surface area contributed by atoms with E-state index in [-0.39, 0.29) is 24.8 Å². The summed E-state index contributed by atoms with van der Waals surface area (Å²) in [4.78, 5) is 4.18. The number of furan rings is 1. The number of nitrogens with zero attached hydrogens (tertiary/aromatic N) is 1. The lowest BCUT2D eigenvalue weighted by atomic mass is 10.2. The quantitative estimate of drug-likeness (QED) is 0.909. The Morgan fingerprint density at radius 3 is 2.80 bits per heavy atom. The third-order valence-corrected chi connectivity index (χ3v) is 1.97. The minimum Gasteiger partial charge on any atom is -0.459 e. The summed E-state index contributed by atoms with van der Waals surface area (Å²) in [7, 11) is 0. The van der Waals surface area contributed by atoms with Gasteiger partial charge in [-0.25, -0.2) is 0 Å². The zero-order valence-electron chi connectivity index (χ0n) is 8.18. The molecule has 84 valence electrons. The van der Waals surface area contributed by atoms with Crippen LogP contribution in [0, 0.1) is 0 Å². The molecule has 2 aromatic heterocycles. The fourth-order valence-corrected chi connectivity index (χ4v) is 1.32. The van der Waals surface area contributed by atoms with Gasteiger partial charge in [-0.05, 0) is 25.1 Å². The first kappa shape index (κ1) is 14.2. The molecule has 0 unspecified atom stereocenters. The van der Waals surface area contributed by atoms with Crippen molar-refractivity contribution in [2.24, 2.45) is 5.73 Å². The maximum absolute atomic E-state index is 5.55. The number of hydrogen-bond acceptors (Lipinski definition) is 3. The molecule has 0 bridgehead atoms. The number of rotatable bonds is 3. The number of fused-ring (bicyclic) bond motifs is 1. The Balaban J connectivity index is 0.000000980. The summed E-state index contributed by atoms with van der Waals surface area (Å²) in [5.41, 5.74) is 7.19. The van der Waals surface area contributed by atoms with Crippen molar-refractivity contribution in [1.29, 1.82) is 0 Å². The van der Waals surface area contributed by atoms with E-state index in [9.17, 15) is 0 Å². The van der Waals surface area contributed by atoms with Crippen molar-refractivity contribution in [1.82, 2.24) is 4.98 Å². The van der Waals surface area contributed by atoms with E-state index in [2.05, 4.69) is 4.98 Å². The number of nitrogens with two attached hydrogens (primary N) is 1. The molecule has 0 aliphatic heterocycles. The van der Waals surface area contributed by atoms with E-state index in [0.717, 1.165) is 29.7 Å². The highest BCUT2D eigenvalue weighted by Crippen LogP contribution is 2.17. The van der Waals surface area contributed by atoms with Crippen molar-refractivity contribution in [2.75, 3.05) is 6.54 Å². The lowest BCUT2D eigenvalue weighted by Crippen LogP contribution is -1.99. The summed E-state index contributed by atoms with van der Waals surface area (Å²) < 4.78 is 5.55. The Labute approximate surface area is 101 Å². The van der Waals surface area contributed by atoms with Gasteiger partial charge in [-0.15, -0.1) is 24.8 Å². The highest BCUT2D eigenvalue weighted by atomic mass is 35.5. The van der Waals surface area contributed by atoms with Crippen LogP contribution in [0.2, 0.25) is 0 Å². The van der Waals surface area contributed by atoms with Crippen LogP contribution in [0.4, 0.5) is 0 Å². The summed E-state index contributed by atoms with van der Waals surface area (Å²) in [6.45, 7) is 0.699. The van der Waals surface area contributed by atoms with Crippen molar-refractivity contribution in [3.63, 3.8) is 0 Å². The van der Waals surface area contributed by atoms with Gasteiger partial charge in [0.1, 0.15) is 11.3 Å². The van der Waals surface area contributed by atoms with E-state index in [0.29, 0.717) is 6.54 Å². The van der Waals surface area contributed by atoms with Gasteiger partial charge < -0.3 is 10.2 Å². The molecule has 3 nitrogen and oxygen atoms in total. The predicted octanol–water partition coefficient (Wildman–Crippen LogP) is 2.56. The van der Waals surface area contributed by atoms with Crippen LogP contribution in [0.1, 0.15) is 12.2 Å². The number of hydrogen-bond donors (Lipinski definition) is 1. The molecule has 0 radical (unpaired) electrons. The van der Waals surface area contributed by atoms with E-state index in [1.165, 1.54) is 0 Å². The first-order valence-electron chi connectivity index (χ1n) is 4.43. The van der Waals surface area contributed by atoms with Crippen molar-refractivity contribution in [3.8, 4) is 0 Å². The van der Waals surface area contributed by atoms with Gasteiger partial charge in [0.2, 0.25) is 0 Å². The van der Waals surface area contributed by atoms with Crippen LogP contribution in [-0.2, 0) is 6.42 Å². The van der Waals surface area contributed by atoms with Crippen molar-refractivity contribution < 1.29 is 4.42 Å². The van der Waals surface area contributed by atoms with E-state index in [1.54, 1.807) is 6.20 Å². The summed E-state index contributed by atoms with van der Waals surface area (Å²) in [6, 6.07) is 5.78. The standard InChI is InChI=1S/C10H12N2O.2ClH/c11-5-1-3-8-7-9-10(13-8)4-2-6-12-9;;/h2,4,6-7H,1,3,5,11H2;2*1H. The molecule has 2 aromatic rings. The lowest BCUT2D eigenvalue weighted by molar-refractivity contribution is 0.540. The first-order valence-corrected chi connectivity index (χ1v) is 4.43. The fraction of sp³-hybridized carbons (Fsp3) is 0.300. The molecule has 5 heteroatoms. The Morgan fingerprint density at radius 2 is 2.13 bits per heavy atom. The fourth-order valence-electron chi connectivity index (χ4n) is 1.32. The molecule has 2 heterocycles. The number of halogens is 2. The number of aryl methyl sites for hydroxylation is 1. The summed E-state index contributed by atoms with van der Waals surface area (Å²) >= 11 is 0. The van der Waals surface area contributed by atoms with Crippen LogP contribution in [0.15, 0.2) is 28.8 Å². The van der Waals surface area contributed by atoms with Crippen LogP contribution < -0.4 is 5.73 Å². The topological polar surface area (TPSA) is 52.0 Å². The molecule has 0 aliphatic rings. The predicted molar refractivity (Wildman–Crippen MR) is 65.9 cm³/mol. The summed E-state index contributed by atoms with van der Waals surface area (Å²) in [6.07, 6.45) is 3.62. The molecule has 0 fully saturated rings. The van der Waals surface area contributed by atoms with Gasteiger partial charge in [-0.2, -0.15) is 0 Å². The van der Waals surface area contributed by atoms with Crippen LogP contribution in [0.5, 0.6) is 0 Å². The lowest BCUT2D eigenvalue weighted by Gasteiger charge is -1.90. The van der Waals surface area contributed by atoms with Crippen molar-refractivity contribution in [3.05, 3.63) is 30.2 Å². The summed E-state index contributed by atoms with van der Waals surface area (Å²) in [5, 5.41) is 0. The highest BCUT2D eigenvalue weighted by Gasteiger charge is 2.02. The normalized spacial score (nSPS) is 9.40. The highest BCUT2D eigenvalue weighted by molar-refractivity contribution is 5.85. The van der Waals surface area contributed by atoms with E-state index in [1.807, 2.05) is 18.2 Å². The van der Waals surface area contributed by atoms with Crippen molar-refractivity contribution >= 4 is 35.9 Å². The average Bonchev–Trinajstić information content (AvgIpc) is 2.57. The molecule has 2 rings (SSSR count). The first-order chi connectivity index (χ1) is 6.40. The van der Waals surface area contributed by atoms with E-state index < -0.39 is 0 Å². The van der Waals surface area contributed by atoms with Gasteiger partial charge in [-0.1, -0.05) is 0 Å². The Morgan fingerprint density at radius 1 is 1.33 bits per heavy atom. The molecular formula is C10H14Cl2N2O. The Hall–Kier alpha value is -0.770. The van der Waals surface area contributed by atoms with Gasteiger partial charge in [0.15, 0.2) is 5.58 Å². The van der Waals surface area contributed by atoms with Gasteiger partial charge in [0, 0.05) is 18.7 Å². The molecule has 0 atom stereocenters. The molecule has 0 aliphatic carbocycles. The van der Waals surface area contributed by atoms with Crippen LogP contribution >= 0.6 is 24.8 Å². The minimum absolute atomic E-state index is 0. The Bertz CT molecular complexity index is 370. The largest absolute Gasteiger partial charge is 0.459 e. The maximum atomic E-state index is 5.55. The van der Waals surface area contributed by atoms with Gasteiger partial charge >= 0.3 is 0 Å². The summed E-state index contributed by atoms with van der Waals surface area (Å²) in [5.74, 6) is 0.971. The SMILES string of the molecule is Cl.Cl.NCCCc1cc2ncccc2o1. The monoisotopic (exact) mass is 248 g/mol. The molecule has 0 saturated carbocycles. The second-order valence-electron chi connectivity index (χ2n) is 2.99. The number of pyridine rings is 1. The second kappa shape index (κ2) is 6.67. The molecule has 2 N–H and O–H groups in total.